The van der Waals surface area contributed by atoms with E-state index in [9.17, 15) is 5.11 Å². The SMILES string of the molecule is COc1cc(C2(O)CC2)c(Cl)cc1OC1CCCC1. The highest BCUT2D eigenvalue weighted by Crippen LogP contribution is 2.50. The molecule has 0 saturated heterocycles. The molecular weight excluding hydrogens is 264 g/mol. The predicted octanol–water partition coefficient (Wildman–Crippen LogP) is 3.65. The zero-order chi connectivity index (χ0) is 13.5. The molecule has 0 atom stereocenters. The van der Waals surface area contributed by atoms with E-state index in [1.54, 1.807) is 13.2 Å². The van der Waals surface area contributed by atoms with Crippen LogP contribution in [0.1, 0.15) is 44.1 Å². The summed E-state index contributed by atoms with van der Waals surface area (Å²) in [4.78, 5) is 0. The summed E-state index contributed by atoms with van der Waals surface area (Å²) in [5.74, 6) is 1.35. The molecule has 0 heterocycles. The van der Waals surface area contributed by atoms with Gasteiger partial charge in [-0.25, -0.2) is 0 Å². The normalized spacial score (nSPS) is 21.4. The average molecular weight is 283 g/mol. The second kappa shape index (κ2) is 4.88. The summed E-state index contributed by atoms with van der Waals surface area (Å²) in [6.45, 7) is 0. The standard InChI is InChI=1S/C15H19ClO3/c1-18-13-8-11(15(17)6-7-15)12(16)9-14(13)19-10-4-2-3-5-10/h8-10,17H,2-7H2,1H3. The molecule has 1 aromatic rings. The van der Waals surface area contributed by atoms with Crippen molar-refractivity contribution in [2.24, 2.45) is 0 Å². The fourth-order valence-electron chi connectivity index (χ4n) is 2.72. The molecule has 0 amide bonds. The predicted molar refractivity (Wildman–Crippen MR) is 74.0 cm³/mol. The maximum absolute atomic E-state index is 10.2. The third kappa shape index (κ3) is 2.54. The summed E-state index contributed by atoms with van der Waals surface area (Å²) >= 11 is 6.27. The quantitative estimate of drug-likeness (QED) is 0.916. The minimum Gasteiger partial charge on any atom is -0.493 e. The summed E-state index contributed by atoms with van der Waals surface area (Å²) < 4.78 is 11.4. The van der Waals surface area contributed by atoms with Crippen molar-refractivity contribution in [1.29, 1.82) is 0 Å². The molecule has 2 fully saturated rings. The van der Waals surface area contributed by atoms with Gasteiger partial charge in [-0.1, -0.05) is 11.6 Å². The van der Waals surface area contributed by atoms with Crippen molar-refractivity contribution in [2.75, 3.05) is 7.11 Å². The zero-order valence-electron chi connectivity index (χ0n) is 11.1. The lowest BCUT2D eigenvalue weighted by atomic mass is 10.1. The Hall–Kier alpha value is -0.930. The van der Waals surface area contributed by atoms with Gasteiger partial charge in [0.2, 0.25) is 0 Å². The van der Waals surface area contributed by atoms with Gasteiger partial charge in [-0.05, 0) is 44.6 Å². The van der Waals surface area contributed by atoms with Crippen LogP contribution in [-0.4, -0.2) is 18.3 Å². The van der Waals surface area contributed by atoms with Gasteiger partial charge in [0.15, 0.2) is 11.5 Å². The molecule has 2 saturated carbocycles. The highest BCUT2D eigenvalue weighted by molar-refractivity contribution is 6.31. The van der Waals surface area contributed by atoms with Crippen molar-refractivity contribution in [2.45, 2.75) is 50.2 Å². The molecule has 0 spiro atoms. The number of hydrogen-bond acceptors (Lipinski definition) is 3. The molecule has 19 heavy (non-hydrogen) atoms. The van der Waals surface area contributed by atoms with E-state index in [1.807, 2.05) is 6.07 Å². The van der Waals surface area contributed by atoms with Gasteiger partial charge >= 0.3 is 0 Å². The van der Waals surface area contributed by atoms with Gasteiger partial charge in [-0.3, -0.25) is 0 Å². The zero-order valence-corrected chi connectivity index (χ0v) is 11.9. The van der Waals surface area contributed by atoms with Crippen LogP contribution >= 0.6 is 11.6 Å². The van der Waals surface area contributed by atoms with Crippen LogP contribution in [0.2, 0.25) is 5.02 Å². The first-order valence-electron chi connectivity index (χ1n) is 6.89. The van der Waals surface area contributed by atoms with Gasteiger partial charge in [0.25, 0.3) is 0 Å². The Morgan fingerprint density at radius 2 is 1.89 bits per heavy atom. The molecular formula is C15H19ClO3. The van der Waals surface area contributed by atoms with Crippen LogP contribution in [0.5, 0.6) is 11.5 Å². The van der Waals surface area contributed by atoms with Crippen molar-refractivity contribution in [3.8, 4) is 11.5 Å². The molecule has 1 N–H and O–H groups in total. The summed E-state index contributed by atoms with van der Waals surface area (Å²) in [5.41, 5.74) is 0.000715. The Bertz CT molecular complexity index is 477. The molecule has 2 aliphatic rings. The van der Waals surface area contributed by atoms with Gasteiger partial charge in [0.1, 0.15) is 0 Å². The van der Waals surface area contributed by atoms with Crippen LogP contribution in [0.25, 0.3) is 0 Å². The van der Waals surface area contributed by atoms with E-state index in [1.165, 1.54) is 12.8 Å². The molecule has 1 aromatic carbocycles. The molecule has 0 radical (unpaired) electrons. The minimum absolute atomic E-state index is 0.264. The number of methoxy groups -OCH3 is 1. The molecule has 0 bridgehead atoms. The smallest absolute Gasteiger partial charge is 0.163 e. The molecule has 104 valence electrons. The van der Waals surface area contributed by atoms with E-state index in [4.69, 9.17) is 21.1 Å². The first-order valence-corrected chi connectivity index (χ1v) is 7.27. The lowest BCUT2D eigenvalue weighted by Gasteiger charge is -2.19. The van der Waals surface area contributed by atoms with Crippen molar-refractivity contribution in [3.63, 3.8) is 0 Å². The maximum atomic E-state index is 10.2. The average Bonchev–Trinajstić information content (AvgIpc) is 2.92. The monoisotopic (exact) mass is 282 g/mol. The number of aliphatic hydroxyl groups is 1. The first-order chi connectivity index (χ1) is 9.12. The van der Waals surface area contributed by atoms with Gasteiger partial charge in [-0.2, -0.15) is 0 Å². The van der Waals surface area contributed by atoms with E-state index in [-0.39, 0.29) is 6.10 Å². The Morgan fingerprint density at radius 1 is 1.21 bits per heavy atom. The molecule has 0 unspecified atom stereocenters. The Morgan fingerprint density at radius 3 is 2.47 bits per heavy atom. The molecule has 3 rings (SSSR count). The molecule has 0 aromatic heterocycles. The van der Waals surface area contributed by atoms with Crippen LogP contribution in [-0.2, 0) is 5.60 Å². The summed E-state index contributed by atoms with van der Waals surface area (Å²) in [6.07, 6.45) is 6.41. The molecule has 2 aliphatic carbocycles. The van der Waals surface area contributed by atoms with E-state index >= 15 is 0 Å². The highest BCUT2D eigenvalue weighted by atomic mass is 35.5. The Balaban J connectivity index is 1.88. The number of hydrogen-bond donors (Lipinski definition) is 1. The van der Waals surface area contributed by atoms with Crippen molar-refractivity contribution in [3.05, 3.63) is 22.7 Å². The summed E-state index contributed by atoms with van der Waals surface area (Å²) in [5, 5.41) is 10.8. The minimum atomic E-state index is -0.754. The van der Waals surface area contributed by atoms with Crippen LogP contribution in [0.15, 0.2) is 12.1 Å². The lowest BCUT2D eigenvalue weighted by molar-refractivity contribution is 0.150. The Kier molecular flexibility index (Phi) is 3.35. The van der Waals surface area contributed by atoms with Gasteiger partial charge in [0, 0.05) is 11.6 Å². The summed E-state index contributed by atoms with van der Waals surface area (Å²) in [7, 11) is 1.62. The van der Waals surface area contributed by atoms with E-state index in [2.05, 4.69) is 0 Å². The van der Waals surface area contributed by atoms with Gasteiger partial charge in [-0.15, -0.1) is 0 Å². The third-order valence-corrected chi connectivity index (χ3v) is 4.39. The lowest BCUT2D eigenvalue weighted by Crippen LogP contribution is -2.12. The third-order valence-electron chi connectivity index (χ3n) is 4.07. The van der Waals surface area contributed by atoms with Crippen molar-refractivity contribution < 1.29 is 14.6 Å². The topological polar surface area (TPSA) is 38.7 Å². The van der Waals surface area contributed by atoms with Gasteiger partial charge < -0.3 is 14.6 Å². The van der Waals surface area contributed by atoms with E-state index in [0.717, 1.165) is 31.2 Å². The van der Waals surface area contributed by atoms with E-state index < -0.39 is 5.60 Å². The largest absolute Gasteiger partial charge is 0.493 e. The molecule has 0 aliphatic heterocycles. The molecule has 3 nitrogen and oxygen atoms in total. The maximum Gasteiger partial charge on any atom is 0.163 e. The van der Waals surface area contributed by atoms with Crippen LogP contribution in [0.4, 0.5) is 0 Å². The highest BCUT2D eigenvalue weighted by Gasteiger charge is 2.44. The fourth-order valence-corrected chi connectivity index (χ4v) is 3.05. The first kappa shape index (κ1) is 13.1. The number of rotatable bonds is 4. The van der Waals surface area contributed by atoms with Crippen LogP contribution in [0, 0.1) is 0 Å². The Labute approximate surface area is 118 Å². The second-order valence-electron chi connectivity index (χ2n) is 5.54. The fraction of sp³-hybridized carbons (Fsp3) is 0.600. The van der Waals surface area contributed by atoms with Crippen LogP contribution < -0.4 is 9.47 Å². The number of benzene rings is 1. The number of ether oxygens (including phenoxy) is 2. The summed E-state index contributed by atoms with van der Waals surface area (Å²) in [6, 6.07) is 3.60. The second-order valence-corrected chi connectivity index (χ2v) is 5.95. The van der Waals surface area contributed by atoms with E-state index in [0.29, 0.717) is 16.5 Å². The molecule has 4 heteroatoms. The number of halogens is 1. The van der Waals surface area contributed by atoms with Gasteiger partial charge in [0.05, 0.1) is 23.8 Å². The van der Waals surface area contributed by atoms with Crippen molar-refractivity contribution in [1.82, 2.24) is 0 Å². The van der Waals surface area contributed by atoms with Crippen LogP contribution in [0.3, 0.4) is 0 Å². The van der Waals surface area contributed by atoms with Crippen molar-refractivity contribution >= 4 is 11.6 Å².